The second-order valence-electron chi connectivity index (χ2n) is 3.45. The van der Waals surface area contributed by atoms with Crippen molar-refractivity contribution < 1.29 is 0 Å². The zero-order chi connectivity index (χ0) is 11.1. The van der Waals surface area contributed by atoms with Crippen LogP contribution in [0.2, 0.25) is 0 Å². The van der Waals surface area contributed by atoms with Crippen molar-refractivity contribution in [2.75, 3.05) is 12.3 Å². The fourth-order valence-corrected chi connectivity index (χ4v) is 2.35. The van der Waals surface area contributed by atoms with Crippen molar-refractivity contribution in [3.63, 3.8) is 0 Å². The van der Waals surface area contributed by atoms with E-state index in [1.807, 2.05) is 30.0 Å². The van der Waals surface area contributed by atoms with Crippen LogP contribution in [0.25, 0.3) is 0 Å². The standard InChI is InChI=1S/C12H16N2S/c1-10-7-11(8-14)3-4-12(10)9-15-6-2-5-13/h3-4,7H,2,5-6,9,13H2,1H3. The Hall–Kier alpha value is -0.980. The highest BCUT2D eigenvalue weighted by Gasteiger charge is 1.99. The number of hydrogen-bond acceptors (Lipinski definition) is 3. The highest BCUT2D eigenvalue weighted by Crippen LogP contribution is 2.17. The summed E-state index contributed by atoms with van der Waals surface area (Å²) in [7, 11) is 0. The number of rotatable bonds is 5. The van der Waals surface area contributed by atoms with Crippen LogP contribution in [0.5, 0.6) is 0 Å². The lowest BCUT2D eigenvalue weighted by Gasteiger charge is -2.05. The first-order valence-corrected chi connectivity index (χ1v) is 6.21. The van der Waals surface area contributed by atoms with E-state index in [-0.39, 0.29) is 0 Å². The van der Waals surface area contributed by atoms with Gasteiger partial charge in [0.25, 0.3) is 0 Å². The normalized spacial score (nSPS) is 9.93. The molecule has 0 unspecified atom stereocenters. The molecule has 0 amide bonds. The molecule has 0 bridgehead atoms. The van der Waals surface area contributed by atoms with Crippen LogP contribution in [-0.2, 0) is 5.75 Å². The molecule has 1 rings (SSSR count). The van der Waals surface area contributed by atoms with Gasteiger partial charge in [0.1, 0.15) is 0 Å². The minimum absolute atomic E-state index is 0.739. The Morgan fingerprint density at radius 3 is 2.87 bits per heavy atom. The van der Waals surface area contributed by atoms with Crippen LogP contribution in [0.15, 0.2) is 18.2 Å². The van der Waals surface area contributed by atoms with Crippen molar-refractivity contribution in [1.29, 1.82) is 5.26 Å². The molecule has 15 heavy (non-hydrogen) atoms. The molecular weight excluding hydrogens is 204 g/mol. The van der Waals surface area contributed by atoms with Crippen LogP contribution < -0.4 is 5.73 Å². The predicted molar refractivity (Wildman–Crippen MR) is 65.7 cm³/mol. The average Bonchev–Trinajstić information content (AvgIpc) is 2.26. The second-order valence-corrected chi connectivity index (χ2v) is 4.55. The highest BCUT2D eigenvalue weighted by atomic mass is 32.2. The third-order valence-corrected chi connectivity index (χ3v) is 3.31. The second kappa shape index (κ2) is 6.49. The molecular formula is C12H16N2S. The van der Waals surface area contributed by atoms with Gasteiger partial charge < -0.3 is 5.73 Å². The lowest BCUT2D eigenvalue weighted by atomic mass is 10.1. The molecule has 0 fully saturated rings. The zero-order valence-electron chi connectivity index (χ0n) is 8.99. The van der Waals surface area contributed by atoms with E-state index in [9.17, 15) is 0 Å². The lowest BCUT2D eigenvalue weighted by Crippen LogP contribution is -1.99. The van der Waals surface area contributed by atoms with Crippen LogP contribution in [0.4, 0.5) is 0 Å². The predicted octanol–water partition coefficient (Wildman–Crippen LogP) is 2.45. The van der Waals surface area contributed by atoms with Crippen molar-refractivity contribution in [3.8, 4) is 6.07 Å². The van der Waals surface area contributed by atoms with Gasteiger partial charge in [-0.2, -0.15) is 17.0 Å². The molecule has 2 nitrogen and oxygen atoms in total. The molecule has 0 saturated carbocycles. The summed E-state index contributed by atoms with van der Waals surface area (Å²) in [4.78, 5) is 0. The topological polar surface area (TPSA) is 49.8 Å². The SMILES string of the molecule is Cc1cc(C#N)ccc1CSCCCN. The lowest BCUT2D eigenvalue weighted by molar-refractivity contribution is 0.943. The number of nitriles is 1. The number of hydrogen-bond donors (Lipinski definition) is 1. The van der Waals surface area contributed by atoms with Gasteiger partial charge in [0.05, 0.1) is 11.6 Å². The molecule has 0 aliphatic rings. The van der Waals surface area contributed by atoms with Gasteiger partial charge in [0.2, 0.25) is 0 Å². The van der Waals surface area contributed by atoms with Crippen molar-refractivity contribution >= 4 is 11.8 Å². The number of thioether (sulfide) groups is 1. The molecule has 0 aromatic heterocycles. The molecule has 1 aromatic carbocycles. The molecule has 0 radical (unpaired) electrons. The highest BCUT2D eigenvalue weighted by molar-refractivity contribution is 7.98. The van der Waals surface area contributed by atoms with Crippen LogP contribution in [0, 0.1) is 18.3 Å². The maximum absolute atomic E-state index is 8.73. The molecule has 0 spiro atoms. The Morgan fingerprint density at radius 2 is 2.27 bits per heavy atom. The van der Waals surface area contributed by atoms with Crippen LogP contribution >= 0.6 is 11.8 Å². The molecule has 80 valence electrons. The summed E-state index contributed by atoms with van der Waals surface area (Å²) < 4.78 is 0. The summed E-state index contributed by atoms with van der Waals surface area (Å²) in [5.41, 5.74) is 8.68. The number of aryl methyl sites for hydroxylation is 1. The monoisotopic (exact) mass is 220 g/mol. The summed E-state index contributed by atoms with van der Waals surface area (Å²) in [5.74, 6) is 2.12. The van der Waals surface area contributed by atoms with E-state index in [1.54, 1.807) is 0 Å². The molecule has 0 heterocycles. The summed E-state index contributed by atoms with van der Waals surface area (Å²) in [6.45, 7) is 2.82. The Bertz CT molecular complexity index is 355. The van der Waals surface area contributed by atoms with Crippen molar-refractivity contribution in [2.45, 2.75) is 19.1 Å². The van der Waals surface area contributed by atoms with Crippen LogP contribution in [-0.4, -0.2) is 12.3 Å². The Kier molecular flexibility index (Phi) is 5.23. The van der Waals surface area contributed by atoms with E-state index in [1.165, 1.54) is 11.1 Å². The fraction of sp³-hybridized carbons (Fsp3) is 0.417. The minimum Gasteiger partial charge on any atom is -0.330 e. The molecule has 0 atom stereocenters. The first-order chi connectivity index (χ1) is 7.27. The first-order valence-electron chi connectivity index (χ1n) is 5.05. The van der Waals surface area contributed by atoms with E-state index < -0.39 is 0 Å². The molecule has 1 aromatic rings. The number of benzene rings is 1. The van der Waals surface area contributed by atoms with E-state index in [0.717, 1.165) is 30.0 Å². The fourth-order valence-electron chi connectivity index (χ4n) is 1.29. The van der Waals surface area contributed by atoms with Gasteiger partial charge in [0, 0.05) is 5.75 Å². The van der Waals surface area contributed by atoms with Gasteiger partial charge in [-0.3, -0.25) is 0 Å². The Balaban J connectivity index is 2.52. The first kappa shape index (κ1) is 12.1. The van der Waals surface area contributed by atoms with Gasteiger partial charge in [-0.25, -0.2) is 0 Å². The molecule has 0 saturated heterocycles. The van der Waals surface area contributed by atoms with Crippen molar-refractivity contribution in [2.24, 2.45) is 5.73 Å². The summed E-state index contributed by atoms with van der Waals surface area (Å²) in [6.07, 6.45) is 1.07. The van der Waals surface area contributed by atoms with E-state index in [0.29, 0.717) is 0 Å². The smallest absolute Gasteiger partial charge is 0.0991 e. The third kappa shape index (κ3) is 3.94. The number of nitrogens with zero attached hydrogens (tertiary/aromatic N) is 1. The Morgan fingerprint density at radius 1 is 1.47 bits per heavy atom. The van der Waals surface area contributed by atoms with Gasteiger partial charge in [-0.1, -0.05) is 6.07 Å². The summed E-state index contributed by atoms with van der Waals surface area (Å²) >= 11 is 1.90. The van der Waals surface area contributed by atoms with Gasteiger partial charge in [0.15, 0.2) is 0 Å². The van der Waals surface area contributed by atoms with Gasteiger partial charge in [-0.15, -0.1) is 0 Å². The molecule has 0 aliphatic carbocycles. The molecule has 2 N–H and O–H groups in total. The van der Waals surface area contributed by atoms with Crippen LogP contribution in [0.3, 0.4) is 0 Å². The minimum atomic E-state index is 0.739. The van der Waals surface area contributed by atoms with E-state index in [4.69, 9.17) is 11.0 Å². The summed E-state index contributed by atoms with van der Waals surface area (Å²) in [5, 5.41) is 8.73. The third-order valence-electron chi connectivity index (χ3n) is 2.22. The maximum Gasteiger partial charge on any atom is 0.0991 e. The van der Waals surface area contributed by atoms with E-state index in [2.05, 4.69) is 13.0 Å². The Labute approximate surface area is 95.5 Å². The van der Waals surface area contributed by atoms with E-state index >= 15 is 0 Å². The average molecular weight is 220 g/mol. The zero-order valence-corrected chi connectivity index (χ0v) is 9.81. The van der Waals surface area contributed by atoms with Crippen molar-refractivity contribution in [3.05, 3.63) is 34.9 Å². The summed E-state index contributed by atoms with van der Waals surface area (Å²) in [6, 6.07) is 8.02. The van der Waals surface area contributed by atoms with Crippen LogP contribution in [0.1, 0.15) is 23.1 Å². The molecule has 0 aliphatic heterocycles. The maximum atomic E-state index is 8.73. The number of nitrogens with two attached hydrogens (primary N) is 1. The van der Waals surface area contributed by atoms with Crippen molar-refractivity contribution in [1.82, 2.24) is 0 Å². The molecule has 3 heteroatoms. The van der Waals surface area contributed by atoms with Gasteiger partial charge >= 0.3 is 0 Å². The largest absolute Gasteiger partial charge is 0.330 e. The van der Waals surface area contributed by atoms with Gasteiger partial charge in [-0.05, 0) is 48.9 Å². The quantitative estimate of drug-likeness (QED) is 0.775.